The van der Waals surface area contributed by atoms with Crippen LogP contribution < -0.4 is 10.6 Å². The lowest BCUT2D eigenvalue weighted by atomic mass is 9.92. The molecule has 1 aliphatic rings. The Morgan fingerprint density at radius 3 is 2.88 bits per heavy atom. The molecule has 1 aliphatic heterocycles. The zero-order valence-electron chi connectivity index (χ0n) is 9.65. The third-order valence-corrected chi connectivity index (χ3v) is 3.74. The molecule has 5 heteroatoms. The molecule has 0 aliphatic carbocycles. The highest BCUT2D eigenvalue weighted by molar-refractivity contribution is 9.10. The quantitative estimate of drug-likeness (QED) is 0.805. The molecule has 1 saturated heterocycles. The summed E-state index contributed by atoms with van der Waals surface area (Å²) in [6.07, 6.45) is 2.47. The summed E-state index contributed by atoms with van der Waals surface area (Å²) >= 11 is 3.36. The molecule has 2 N–H and O–H groups in total. The van der Waals surface area contributed by atoms with Gasteiger partial charge in [0, 0.05) is 18.7 Å². The van der Waals surface area contributed by atoms with Crippen molar-refractivity contribution in [3.05, 3.63) is 10.7 Å². The summed E-state index contributed by atoms with van der Waals surface area (Å²) in [7, 11) is 0. The summed E-state index contributed by atoms with van der Waals surface area (Å²) in [6, 6.07) is 2.20. The summed E-state index contributed by atoms with van der Waals surface area (Å²) in [4.78, 5) is 10.9. The maximum atomic E-state index is 5.74. The Bertz CT molecular complexity index is 362. The smallest absolute Gasteiger partial charge is 0.228 e. The molecule has 2 atom stereocenters. The Labute approximate surface area is 104 Å². The van der Waals surface area contributed by atoms with Crippen LogP contribution >= 0.6 is 15.9 Å². The molecular weight excluding hydrogens is 268 g/mol. The van der Waals surface area contributed by atoms with E-state index in [1.165, 1.54) is 12.8 Å². The minimum Gasteiger partial charge on any atom is -0.383 e. The first kappa shape index (κ1) is 11.6. The van der Waals surface area contributed by atoms with Crippen LogP contribution in [0.1, 0.15) is 26.7 Å². The standard InChI is InChI=1S/C11H17BrN4/c1-7-4-3-5-16(8(7)2)11-14-9(12)6-10(13)15-11/h6-8H,3-5H2,1-2H3,(H2,13,14,15). The Balaban J connectivity index is 2.28. The fourth-order valence-corrected chi connectivity index (χ4v) is 2.56. The van der Waals surface area contributed by atoms with Gasteiger partial charge in [0.25, 0.3) is 0 Å². The van der Waals surface area contributed by atoms with Gasteiger partial charge in [0.1, 0.15) is 10.4 Å². The second-order valence-electron chi connectivity index (χ2n) is 4.47. The van der Waals surface area contributed by atoms with Crippen LogP contribution in [0.5, 0.6) is 0 Å². The number of piperidine rings is 1. The average molecular weight is 285 g/mol. The molecule has 1 aromatic heterocycles. The van der Waals surface area contributed by atoms with Gasteiger partial charge in [-0.15, -0.1) is 0 Å². The van der Waals surface area contributed by atoms with E-state index in [1.807, 2.05) is 0 Å². The highest BCUT2D eigenvalue weighted by Gasteiger charge is 2.26. The molecule has 2 unspecified atom stereocenters. The summed E-state index contributed by atoms with van der Waals surface area (Å²) in [5.74, 6) is 1.94. The molecule has 88 valence electrons. The lowest BCUT2D eigenvalue weighted by molar-refractivity contribution is 0.359. The van der Waals surface area contributed by atoms with Gasteiger partial charge in [-0.2, -0.15) is 4.98 Å². The second kappa shape index (κ2) is 4.57. The lowest BCUT2D eigenvalue weighted by Crippen LogP contribution is -2.43. The minimum atomic E-state index is 0.474. The van der Waals surface area contributed by atoms with Gasteiger partial charge in [0.15, 0.2) is 0 Å². The molecule has 1 aromatic rings. The molecular formula is C11H17BrN4. The van der Waals surface area contributed by atoms with E-state index in [2.05, 4.69) is 44.6 Å². The van der Waals surface area contributed by atoms with Gasteiger partial charge in [-0.05, 0) is 41.6 Å². The highest BCUT2D eigenvalue weighted by Crippen LogP contribution is 2.27. The third kappa shape index (κ3) is 2.29. The summed E-state index contributed by atoms with van der Waals surface area (Å²) in [5, 5.41) is 0. The molecule has 2 rings (SSSR count). The van der Waals surface area contributed by atoms with E-state index in [9.17, 15) is 0 Å². The van der Waals surface area contributed by atoms with Crippen LogP contribution in [0.2, 0.25) is 0 Å². The van der Waals surface area contributed by atoms with Crippen molar-refractivity contribution in [2.75, 3.05) is 17.2 Å². The van der Waals surface area contributed by atoms with Gasteiger partial charge in [-0.3, -0.25) is 0 Å². The van der Waals surface area contributed by atoms with Crippen LogP contribution in [0, 0.1) is 5.92 Å². The largest absolute Gasteiger partial charge is 0.383 e. The van der Waals surface area contributed by atoms with Crippen LogP contribution in [-0.4, -0.2) is 22.6 Å². The van der Waals surface area contributed by atoms with Gasteiger partial charge in [-0.1, -0.05) is 6.92 Å². The fraction of sp³-hybridized carbons (Fsp3) is 0.636. The highest BCUT2D eigenvalue weighted by atomic mass is 79.9. The predicted molar refractivity (Wildman–Crippen MR) is 69.4 cm³/mol. The van der Waals surface area contributed by atoms with Crippen LogP contribution in [0.15, 0.2) is 10.7 Å². The normalized spacial score (nSPS) is 25.8. The zero-order chi connectivity index (χ0) is 11.7. The number of nitrogen functional groups attached to an aromatic ring is 1. The molecule has 0 spiro atoms. The van der Waals surface area contributed by atoms with Crippen molar-refractivity contribution in [3.63, 3.8) is 0 Å². The van der Waals surface area contributed by atoms with E-state index >= 15 is 0 Å². The van der Waals surface area contributed by atoms with Gasteiger partial charge in [0.05, 0.1) is 0 Å². The first-order chi connectivity index (χ1) is 7.58. The first-order valence-corrected chi connectivity index (χ1v) is 6.44. The number of halogens is 1. The van der Waals surface area contributed by atoms with Crippen molar-refractivity contribution >= 4 is 27.7 Å². The number of rotatable bonds is 1. The Kier molecular flexibility index (Phi) is 3.33. The molecule has 2 heterocycles. The van der Waals surface area contributed by atoms with E-state index in [-0.39, 0.29) is 0 Å². The van der Waals surface area contributed by atoms with Crippen molar-refractivity contribution < 1.29 is 0 Å². The van der Waals surface area contributed by atoms with Crippen molar-refractivity contribution in [2.45, 2.75) is 32.7 Å². The molecule has 4 nitrogen and oxygen atoms in total. The molecule has 0 radical (unpaired) electrons. The molecule has 0 amide bonds. The van der Waals surface area contributed by atoms with Crippen molar-refractivity contribution in [3.8, 4) is 0 Å². The lowest BCUT2D eigenvalue weighted by Gasteiger charge is -2.37. The molecule has 0 saturated carbocycles. The zero-order valence-corrected chi connectivity index (χ0v) is 11.2. The topological polar surface area (TPSA) is 55.0 Å². The summed E-state index contributed by atoms with van der Waals surface area (Å²) in [5.41, 5.74) is 5.74. The van der Waals surface area contributed by atoms with E-state index in [4.69, 9.17) is 5.73 Å². The average Bonchev–Trinajstić information content (AvgIpc) is 2.20. The Morgan fingerprint density at radius 1 is 1.44 bits per heavy atom. The van der Waals surface area contributed by atoms with E-state index in [0.29, 0.717) is 17.8 Å². The molecule has 16 heavy (non-hydrogen) atoms. The first-order valence-electron chi connectivity index (χ1n) is 5.64. The third-order valence-electron chi connectivity index (χ3n) is 3.33. The maximum Gasteiger partial charge on any atom is 0.228 e. The van der Waals surface area contributed by atoms with Crippen molar-refractivity contribution in [2.24, 2.45) is 5.92 Å². The Morgan fingerprint density at radius 2 is 2.19 bits per heavy atom. The molecule has 0 bridgehead atoms. The maximum absolute atomic E-state index is 5.74. The van der Waals surface area contributed by atoms with Crippen LogP contribution in [0.25, 0.3) is 0 Å². The number of aromatic nitrogens is 2. The van der Waals surface area contributed by atoms with Gasteiger partial charge in [0.2, 0.25) is 5.95 Å². The number of anilines is 2. The summed E-state index contributed by atoms with van der Waals surface area (Å²) in [6.45, 7) is 5.52. The minimum absolute atomic E-state index is 0.474. The van der Waals surface area contributed by atoms with Gasteiger partial charge >= 0.3 is 0 Å². The van der Waals surface area contributed by atoms with Crippen LogP contribution in [0.4, 0.5) is 11.8 Å². The monoisotopic (exact) mass is 284 g/mol. The van der Waals surface area contributed by atoms with Crippen LogP contribution in [-0.2, 0) is 0 Å². The number of nitrogens with two attached hydrogens (primary N) is 1. The van der Waals surface area contributed by atoms with Crippen LogP contribution in [0.3, 0.4) is 0 Å². The van der Waals surface area contributed by atoms with Gasteiger partial charge in [-0.25, -0.2) is 4.98 Å². The van der Waals surface area contributed by atoms with Crippen molar-refractivity contribution in [1.82, 2.24) is 9.97 Å². The summed E-state index contributed by atoms with van der Waals surface area (Å²) < 4.78 is 0.750. The van der Waals surface area contributed by atoms with Gasteiger partial charge < -0.3 is 10.6 Å². The number of hydrogen-bond donors (Lipinski definition) is 1. The SMILES string of the molecule is CC1CCCN(c2nc(N)cc(Br)n2)C1C. The van der Waals surface area contributed by atoms with E-state index in [1.54, 1.807) is 6.07 Å². The number of hydrogen-bond acceptors (Lipinski definition) is 4. The predicted octanol–water partition coefficient (Wildman–Crippen LogP) is 2.45. The Hall–Kier alpha value is -0.840. The molecule has 1 fully saturated rings. The fourth-order valence-electron chi connectivity index (χ4n) is 2.17. The number of nitrogens with zero attached hydrogens (tertiary/aromatic N) is 3. The second-order valence-corrected chi connectivity index (χ2v) is 5.28. The van der Waals surface area contributed by atoms with E-state index in [0.717, 1.165) is 17.1 Å². The van der Waals surface area contributed by atoms with Crippen molar-refractivity contribution in [1.29, 1.82) is 0 Å². The molecule has 0 aromatic carbocycles. The van der Waals surface area contributed by atoms with E-state index < -0.39 is 0 Å².